The highest BCUT2D eigenvalue weighted by atomic mass is 35.5. The van der Waals surface area contributed by atoms with E-state index in [0.29, 0.717) is 16.9 Å². The van der Waals surface area contributed by atoms with E-state index in [1.54, 1.807) is 24.3 Å². The van der Waals surface area contributed by atoms with Crippen molar-refractivity contribution in [3.8, 4) is 22.9 Å². The molecule has 0 radical (unpaired) electrons. The Bertz CT molecular complexity index is 1030. The second kappa shape index (κ2) is 8.25. The van der Waals surface area contributed by atoms with Crippen LogP contribution < -0.4 is 9.04 Å². The van der Waals surface area contributed by atoms with Gasteiger partial charge in [0.1, 0.15) is 11.4 Å². The smallest absolute Gasteiger partial charge is 0.244 e. The molecule has 4 rings (SSSR count). The normalized spacial score (nSPS) is 13.4. The molecule has 2 heterocycles. The lowest BCUT2D eigenvalue weighted by Crippen LogP contribution is -2.17. The summed E-state index contributed by atoms with van der Waals surface area (Å²) in [6.45, 7) is 6.25. The summed E-state index contributed by atoms with van der Waals surface area (Å²) >= 11 is 7.85. The van der Waals surface area contributed by atoms with E-state index in [-0.39, 0.29) is 0 Å². The van der Waals surface area contributed by atoms with E-state index in [1.807, 2.05) is 12.1 Å². The molecule has 0 aliphatic heterocycles. The molecule has 3 aromatic rings. The van der Waals surface area contributed by atoms with Crippen molar-refractivity contribution in [3.05, 3.63) is 64.4 Å². The fourth-order valence-electron chi connectivity index (χ4n) is 3.57. The topological polar surface area (TPSA) is 38.2 Å². The molecular formula is C23H24ClN3OS. The van der Waals surface area contributed by atoms with Crippen molar-refractivity contribution in [2.24, 2.45) is 0 Å². The Kier molecular flexibility index (Phi) is 5.70. The zero-order valence-corrected chi connectivity index (χ0v) is 18.6. The van der Waals surface area contributed by atoms with Gasteiger partial charge in [0, 0.05) is 30.3 Å². The molecule has 1 aliphatic carbocycles. The zero-order chi connectivity index (χ0) is 20.5. The molecule has 2 aromatic heterocycles. The molecule has 0 saturated heterocycles. The first-order chi connectivity index (χ1) is 14.0. The molecule has 1 aromatic carbocycles. The van der Waals surface area contributed by atoms with Gasteiger partial charge in [-0.05, 0) is 62.9 Å². The fraction of sp³-hybridized carbons (Fsp3) is 0.304. The number of hydrogen-bond acceptors (Lipinski definition) is 5. The van der Waals surface area contributed by atoms with Crippen LogP contribution in [0.25, 0.3) is 11.3 Å². The number of nitrogens with zero attached hydrogens (tertiary/aromatic N) is 3. The van der Waals surface area contributed by atoms with Crippen LogP contribution in [0.5, 0.6) is 11.6 Å². The lowest BCUT2D eigenvalue weighted by atomic mass is 10.1. The molecule has 29 heavy (non-hydrogen) atoms. The SMILES string of the molecule is CSN(c1ccc(-c2cncc(Cl)c2)nc1Oc1c(C)cc(C)cc1C)C1CC1. The third-order valence-electron chi connectivity index (χ3n) is 4.96. The number of anilines is 1. The molecule has 1 fully saturated rings. The first kappa shape index (κ1) is 20.0. The summed E-state index contributed by atoms with van der Waals surface area (Å²) in [6, 6.07) is 10.8. The molecule has 1 aliphatic rings. The number of hydrogen-bond donors (Lipinski definition) is 0. The monoisotopic (exact) mass is 425 g/mol. The van der Waals surface area contributed by atoms with Crippen LogP contribution in [0.2, 0.25) is 5.02 Å². The van der Waals surface area contributed by atoms with Gasteiger partial charge in [-0.1, -0.05) is 41.2 Å². The number of ether oxygens (including phenoxy) is 1. The Morgan fingerprint density at radius 3 is 2.41 bits per heavy atom. The molecule has 0 spiro atoms. The van der Waals surface area contributed by atoms with E-state index in [0.717, 1.165) is 33.8 Å². The Morgan fingerprint density at radius 1 is 1.07 bits per heavy atom. The summed E-state index contributed by atoms with van der Waals surface area (Å²) in [5.74, 6) is 1.47. The fourth-order valence-corrected chi connectivity index (χ4v) is 4.58. The van der Waals surface area contributed by atoms with Crippen LogP contribution in [0.3, 0.4) is 0 Å². The van der Waals surface area contributed by atoms with E-state index >= 15 is 0 Å². The Balaban J connectivity index is 1.81. The Morgan fingerprint density at radius 2 is 1.79 bits per heavy atom. The predicted octanol–water partition coefficient (Wildman–Crippen LogP) is 6.76. The number of halogens is 1. The average Bonchev–Trinajstić information content (AvgIpc) is 3.51. The molecule has 4 nitrogen and oxygen atoms in total. The van der Waals surface area contributed by atoms with E-state index in [2.05, 4.69) is 54.5 Å². The third-order valence-corrected chi connectivity index (χ3v) is 6.05. The summed E-state index contributed by atoms with van der Waals surface area (Å²) < 4.78 is 8.77. The van der Waals surface area contributed by atoms with E-state index in [4.69, 9.17) is 21.3 Å². The van der Waals surface area contributed by atoms with Crippen molar-refractivity contribution in [1.29, 1.82) is 0 Å². The van der Waals surface area contributed by atoms with Gasteiger partial charge in [0.25, 0.3) is 0 Å². The van der Waals surface area contributed by atoms with Gasteiger partial charge in [-0.3, -0.25) is 4.98 Å². The van der Waals surface area contributed by atoms with Crippen LogP contribution in [0.4, 0.5) is 5.69 Å². The van der Waals surface area contributed by atoms with Crippen molar-refractivity contribution in [3.63, 3.8) is 0 Å². The second-order valence-corrected chi connectivity index (χ2v) is 8.68. The van der Waals surface area contributed by atoms with Gasteiger partial charge in [-0.15, -0.1) is 0 Å². The van der Waals surface area contributed by atoms with Gasteiger partial charge in [0.05, 0.1) is 10.7 Å². The molecule has 0 amide bonds. The van der Waals surface area contributed by atoms with Gasteiger partial charge in [0.15, 0.2) is 0 Å². The first-order valence-corrected chi connectivity index (χ1v) is 11.2. The molecule has 0 unspecified atom stereocenters. The van der Waals surface area contributed by atoms with Crippen molar-refractivity contribution in [1.82, 2.24) is 9.97 Å². The summed E-state index contributed by atoms with van der Waals surface area (Å²) in [5.41, 5.74) is 6.09. The molecule has 0 bridgehead atoms. The van der Waals surface area contributed by atoms with E-state index < -0.39 is 0 Å². The zero-order valence-electron chi connectivity index (χ0n) is 17.1. The van der Waals surface area contributed by atoms with E-state index in [9.17, 15) is 0 Å². The highest BCUT2D eigenvalue weighted by Crippen LogP contribution is 2.43. The maximum Gasteiger partial charge on any atom is 0.244 e. The average molecular weight is 426 g/mol. The molecule has 150 valence electrons. The standard InChI is InChI=1S/C23H24ClN3OS/c1-14-9-15(2)22(16(3)10-14)28-23-21(27(29-4)19-5-6-19)8-7-20(26-23)17-11-18(24)13-25-12-17/h7-13,19H,5-6H2,1-4H3. The molecular weight excluding hydrogens is 402 g/mol. The minimum Gasteiger partial charge on any atom is -0.436 e. The maximum absolute atomic E-state index is 6.46. The molecule has 0 N–H and O–H groups in total. The van der Waals surface area contributed by atoms with Gasteiger partial charge < -0.3 is 9.04 Å². The van der Waals surface area contributed by atoms with Gasteiger partial charge >= 0.3 is 0 Å². The molecule has 6 heteroatoms. The first-order valence-electron chi connectivity index (χ1n) is 9.67. The minimum atomic E-state index is 0.535. The highest BCUT2D eigenvalue weighted by molar-refractivity contribution is 8.00. The lowest BCUT2D eigenvalue weighted by molar-refractivity contribution is 0.457. The summed E-state index contributed by atoms with van der Waals surface area (Å²) in [4.78, 5) is 9.08. The van der Waals surface area contributed by atoms with Crippen LogP contribution in [-0.2, 0) is 0 Å². The van der Waals surface area contributed by atoms with Crippen molar-refractivity contribution in [2.75, 3.05) is 10.6 Å². The maximum atomic E-state index is 6.46. The highest BCUT2D eigenvalue weighted by Gasteiger charge is 2.31. The van der Waals surface area contributed by atoms with Crippen molar-refractivity contribution >= 4 is 29.2 Å². The quantitative estimate of drug-likeness (QED) is 0.408. The van der Waals surface area contributed by atoms with Gasteiger partial charge in [-0.25, -0.2) is 4.98 Å². The summed E-state index contributed by atoms with van der Waals surface area (Å²) in [7, 11) is 0. The second-order valence-electron chi connectivity index (χ2n) is 7.48. The van der Waals surface area contributed by atoms with Crippen molar-refractivity contribution in [2.45, 2.75) is 39.7 Å². The van der Waals surface area contributed by atoms with Crippen LogP contribution >= 0.6 is 23.5 Å². The van der Waals surface area contributed by atoms with Crippen molar-refractivity contribution < 1.29 is 4.74 Å². The predicted molar refractivity (Wildman–Crippen MR) is 122 cm³/mol. The van der Waals surface area contributed by atoms with Gasteiger partial charge in [-0.2, -0.15) is 0 Å². The minimum absolute atomic E-state index is 0.535. The number of aromatic nitrogens is 2. The molecule has 0 atom stereocenters. The molecule has 1 saturated carbocycles. The third kappa shape index (κ3) is 4.36. The van der Waals surface area contributed by atoms with E-state index in [1.165, 1.54) is 18.4 Å². The van der Waals surface area contributed by atoms with Crippen LogP contribution in [-0.4, -0.2) is 22.3 Å². The van der Waals surface area contributed by atoms with Crippen LogP contribution in [0, 0.1) is 20.8 Å². The lowest BCUT2D eigenvalue weighted by Gasteiger charge is -2.24. The number of benzene rings is 1. The number of pyridine rings is 2. The Hall–Kier alpha value is -2.24. The number of rotatable bonds is 6. The summed E-state index contributed by atoms with van der Waals surface area (Å²) in [6.07, 6.45) is 7.89. The van der Waals surface area contributed by atoms with Gasteiger partial charge in [0.2, 0.25) is 5.88 Å². The summed E-state index contributed by atoms with van der Waals surface area (Å²) in [5, 5.41) is 0.588. The number of aryl methyl sites for hydroxylation is 3. The van der Waals surface area contributed by atoms with Crippen LogP contribution in [0.15, 0.2) is 42.7 Å². The van der Waals surface area contributed by atoms with Crippen LogP contribution in [0.1, 0.15) is 29.5 Å². The Labute approximate surface area is 181 Å². The largest absolute Gasteiger partial charge is 0.436 e.